The van der Waals surface area contributed by atoms with Crippen molar-refractivity contribution >= 4 is 15.9 Å². The third kappa shape index (κ3) is 3.49. The van der Waals surface area contributed by atoms with Crippen LogP contribution in [0.25, 0.3) is 0 Å². The van der Waals surface area contributed by atoms with Gasteiger partial charge in [0.05, 0.1) is 23.4 Å². The van der Waals surface area contributed by atoms with E-state index in [1.165, 1.54) is 6.07 Å². The summed E-state index contributed by atoms with van der Waals surface area (Å²) in [6.07, 6.45) is 1.92. The maximum absolute atomic E-state index is 15.1. The number of rotatable bonds is 3. The minimum atomic E-state index is -1.86. The molecule has 1 aliphatic heterocycles. The Morgan fingerprint density at radius 3 is 2.50 bits per heavy atom. The topological polar surface area (TPSA) is 101 Å². The number of nitrogens with two attached hydrogens (primary N) is 1. The Balaban J connectivity index is 1.89. The molecule has 7 heteroatoms. The van der Waals surface area contributed by atoms with Gasteiger partial charge in [-0.15, -0.1) is 0 Å². The van der Waals surface area contributed by atoms with Crippen molar-refractivity contribution < 1.29 is 4.39 Å². The lowest BCUT2D eigenvalue weighted by Crippen LogP contribution is -2.48. The standard InChI is InChI=1S/C25H19BrFN5/c26-17-6-7-22(27)19(10-17)23-21-13-32(12-16-4-2-1-3-5-16)9-8-18(21)20(11-28)24(31)25(23,14-29)15-30/h1-8,10,21,23H,9,12-13,31H2/t21-,23+/m0/s1. The van der Waals surface area contributed by atoms with E-state index >= 15 is 4.39 Å². The zero-order valence-electron chi connectivity index (χ0n) is 17.1. The highest BCUT2D eigenvalue weighted by atomic mass is 79.9. The molecule has 4 rings (SSSR count). The van der Waals surface area contributed by atoms with E-state index in [1.807, 2.05) is 36.4 Å². The number of benzene rings is 2. The van der Waals surface area contributed by atoms with Gasteiger partial charge in [-0.25, -0.2) is 4.39 Å². The van der Waals surface area contributed by atoms with Gasteiger partial charge in [0.25, 0.3) is 0 Å². The molecule has 32 heavy (non-hydrogen) atoms. The van der Waals surface area contributed by atoms with Gasteiger partial charge in [-0.05, 0) is 34.9 Å². The molecule has 2 aliphatic rings. The molecule has 0 saturated heterocycles. The fourth-order valence-electron chi connectivity index (χ4n) is 4.81. The van der Waals surface area contributed by atoms with Gasteiger partial charge in [0, 0.05) is 35.9 Å². The van der Waals surface area contributed by atoms with E-state index in [9.17, 15) is 15.8 Å². The van der Waals surface area contributed by atoms with Gasteiger partial charge in [-0.2, -0.15) is 15.8 Å². The van der Waals surface area contributed by atoms with Crippen LogP contribution in [0.3, 0.4) is 0 Å². The Hall–Kier alpha value is -3.44. The SMILES string of the molecule is N#CC1=C(N)C(C#N)(C#N)[C@H](c2cc(Br)ccc2F)[C@H]2CN(Cc3ccccc3)CC=C12. The first-order chi connectivity index (χ1) is 15.4. The second-order valence-corrected chi connectivity index (χ2v) is 8.94. The van der Waals surface area contributed by atoms with E-state index in [-0.39, 0.29) is 16.8 Å². The van der Waals surface area contributed by atoms with Gasteiger partial charge in [0.2, 0.25) is 0 Å². The first kappa shape index (κ1) is 21.8. The van der Waals surface area contributed by atoms with Crippen LogP contribution in [-0.2, 0) is 6.54 Å². The summed E-state index contributed by atoms with van der Waals surface area (Å²) in [5.41, 5.74) is 6.53. The van der Waals surface area contributed by atoms with Crippen molar-refractivity contribution in [2.45, 2.75) is 12.5 Å². The highest BCUT2D eigenvalue weighted by Gasteiger charge is 2.55. The second kappa shape index (κ2) is 8.60. The van der Waals surface area contributed by atoms with Crippen molar-refractivity contribution in [2.24, 2.45) is 17.1 Å². The predicted octanol–water partition coefficient (Wildman–Crippen LogP) is 4.51. The molecule has 0 amide bonds. The van der Waals surface area contributed by atoms with Crippen molar-refractivity contribution in [1.82, 2.24) is 4.90 Å². The van der Waals surface area contributed by atoms with Crippen LogP contribution in [0.2, 0.25) is 0 Å². The summed E-state index contributed by atoms with van der Waals surface area (Å²) in [7, 11) is 0. The molecular formula is C25H19BrFN5. The van der Waals surface area contributed by atoms with E-state index in [4.69, 9.17) is 5.73 Å². The lowest BCUT2D eigenvalue weighted by atomic mass is 9.58. The molecule has 0 unspecified atom stereocenters. The number of nitrogens with zero attached hydrogens (tertiary/aromatic N) is 4. The van der Waals surface area contributed by atoms with Crippen LogP contribution >= 0.6 is 15.9 Å². The van der Waals surface area contributed by atoms with Crippen molar-refractivity contribution in [2.75, 3.05) is 13.1 Å². The van der Waals surface area contributed by atoms with Gasteiger partial charge in [0.1, 0.15) is 11.9 Å². The van der Waals surface area contributed by atoms with Crippen molar-refractivity contribution in [3.05, 3.63) is 92.9 Å². The molecule has 1 heterocycles. The highest BCUT2D eigenvalue weighted by Crippen LogP contribution is 2.54. The number of hydrogen-bond donors (Lipinski definition) is 1. The molecule has 0 aromatic heterocycles. The van der Waals surface area contributed by atoms with Gasteiger partial charge in [-0.3, -0.25) is 4.90 Å². The highest BCUT2D eigenvalue weighted by molar-refractivity contribution is 9.10. The van der Waals surface area contributed by atoms with Gasteiger partial charge in [0.15, 0.2) is 5.41 Å². The number of allylic oxidation sites excluding steroid dienone is 2. The van der Waals surface area contributed by atoms with Crippen molar-refractivity contribution in [3.63, 3.8) is 0 Å². The molecule has 2 aromatic carbocycles. The van der Waals surface area contributed by atoms with Gasteiger partial charge in [-0.1, -0.05) is 52.3 Å². The molecule has 2 aromatic rings. The van der Waals surface area contributed by atoms with Crippen molar-refractivity contribution in [3.8, 4) is 18.2 Å². The van der Waals surface area contributed by atoms with Crippen LogP contribution in [-0.4, -0.2) is 18.0 Å². The van der Waals surface area contributed by atoms with Gasteiger partial charge >= 0.3 is 0 Å². The Morgan fingerprint density at radius 2 is 1.84 bits per heavy atom. The van der Waals surface area contributed by atoms with Gasteiger partial charge < -0.3 is 5.73 Å². The van der Waals surface area contributed by atoms with Crippen LogP contribution in [0.1, 0.15) is 17.0 Å². The number of nitriles is 3. The first-order valence-electron chi connectivity index (χ1n) is 10.1. The van der Waals surface area contributed by atoms with E-state index in [0.717, 1.165) is 5.56 Å². The summed E-state index contributed by atoms with van der Waals surface area (Å²) in [4.78, 5) is 2.17. The van der Waals surface area contributed by atoms with Crippen LogP contribution < -0.4 is 5.73 Å². The summed E-state index contributed by atoms with van der Waals surface area (Å²) in [6.45, 7) is 1.70. The number of halogens is 2. The Morgan fingerprint density at radius 1 is 1.12 bits per heavy atom. The first-order valence-corrected chi connectivity index (χ1v) is 10.9. The maximum Gasteiger partial charge on any atom is 0.191 e. The molecular weight excluding hydrogens is 469 g/mol. The number of hydrogen-bond acceptors (Lipinski definition) is 5. The molecule has 5 nitrogen and oxygen atoms in total. The summed E-state index contributed by atoms with van der Waals surface area (Å²) >= 11 is 3.38. The average Bonchev–Trinajstić information content (AvgIpc) is 2.81. The van der Waals surface area contributed by atoms with Crippen LogP contribution in [0.5, 0.6) is 0 Å². The zero-order chi connectivity index (χ0) is 22.9. The fourth-order valence-corrected chi connectivity index (χ4v) is 5.19. The largest absolute Gasteiger partial charge is 0.399 e. The zero-order valence-corrected chi connectivity index (χ0v) is 18.7. The molecule has 1 aliphatic carbocycles. The third-order valence-electron chi connectivity index (χ3n) is 6.28. The molecule has 2 atom stereocenters. The lowest BCUT2D eigenvalue weighted by molar-refractivity contribution is 0.199. The predicted molar refractivity (Wildman–Crippen MR) is 121 cm³/mol. The average molecular weight is 488 g/mol. The van der Waals surface area contributed by atoms with Crippen LogP contribution in [0.15, 0.2) is 75.9 Å². The smallest absolute Gasteiger partial charge is 0.191 e. The molecule has 0 radical (unpaired) electrons. The molecule has 158 valence electrons. The summed E-state index contributed by atoms with van der Waals surface area (Å²) in [6, 6.07) is 20.6. The minimum Gasteiger partial charge on any atom is -0.399 e. The lowest BCUT2D eigenvalue weighted by Gasteiger charge is -2.45. The third-order valence-corrected chi connectivity index (χ3v) is 6.78. The summed E-state index contributed by atoms with van der Waals surface area (Å²) < 4.78 is 15.7. The molecule has 0 spiro atoms. The quantitative estimate of drug-likeness (QED) is 0.685. The van der Waals surface area contributed by atoms with Crippen LogP contribution in [0.4, 0.5) is 4.39 Å². The molecule has 0 bridgehead atoms. The van der Waals surface area contributed by atoms with Crippen LogP contribution in [0, 0.1) is 51.1 Å². The van der Waals surface area contributed by atoms with E-state index in [2.05, 4.69) is 39.0 Å². The van der Waals surface area contributed by atoms with E-state index < -0.39 is 23.1 Å². The fraction of sp³-hybridized carbons (Fsp3) is 0.240. The molecule has 0 saturated carbocycles. The summed E-state index contributed by atoms with van der Waals surface area (Å²) in [5, 5.41) is 30.1. The second-order valence-electron chi connectivity index (χ2n) is 8.02. The normalized spacial score (nSPS) is 22.2. The Bertz CT molecular complexity index is 1230. The monoisotopic (exact) mass is 487 g/mol. The minimum absolute atomic E-state index is 0.103. The molecule has 2 N–H and O–H groups in total. The summed E-state index contributed by atoms with van der Waals surface area (Å²) in [5.74, 6) is -1.82. The molecule has 0 fully saturated rings. The Labute approximate surface area is 194 Å². The van der Waals surface area contributed by atoms with E-state index in [1.54, 1.807) is 12.1 Å². The van der Waals surface area contributed by atoms with Crippen molar-refractivity contribution in [1.29, 1.82) is 15.8 Å². The van der Waals surface area contributed by atoms with E-state index in [0.29, 0.717) is 29.7 Å². The maximum atomic E-state index is 15.1. The Kier molecular flexibility index (Phi) is 5.85. The number of fused-ring (bicyclic) bond motifs is 1.